The standard InChI is InChI=1S/C24H26F5N3O.C2H6/c1-3-21-15(2)23(24(27,28)29)30-32(21)17-5-7-18(8-6-17)33-19-10-12-31(13-11-19)22-14-16(25)4-9-20(22)26;1-2/h4-9,14-15,19,21H,3,10-13H2,1-2H3;1-2H3/t15?,21-;/m0./s1. The summed E-state index contributed by atoms with van der Waals surface area (Å²) in [6.45, 7) is 8.46. The van der Waals surface area contributed by atoms with Crippen molar-refractivity contribution in [3.8, 4) is 5.75 Å². The minimum Gasteiger partial charge on any atom is -0.490 e. The predicted molar refractivity (Wildman–Crippen MR) is 129 cm³/mol. The maximum Gasteiger partial charge on any atom is 0.431 e. The second-order valence-electron chi connectivity index (χ2n) is 8.49. The fourth-order valence-electron chi connectivity index (χ4n) is 4.58. The van der Waals surface area contributed by atoms with E-state index >= 15 is 0 Å². The number of alkyl halides is 3. The Morgan fingerprint density at radius 2 is 1.63 bits per heavy atom. The van der Waals surface area contributed by atoms with E-state index in [0.29, 0.717) is 43.8 Å². The van der Waals surface area contributed by atoms with E-state index in [2.05, 4.69) is 5.10 Å². The number of hydrogen-bond acceptors (Lipinski definition) is 4. The molecule has 0 aliphatic carbocycles. The topological polar surface area (TPSA) is 28.1 Å². The van der Waals surface area contributed by atoms with E-state index in [-0.39, 0.29) is 17.8 Å². The van der Waals surface area contributed by atoms with Crippen molar-refractivity contribution in [2.24, 2.45) is 11.0 Å². The molecule has 2 aliphatic heterocycles. The van der Waals surface area contributed by atoms with Crippen molar-refractivity contribution in [2.75, 3.05) is 23.0 Å². The average Bonchev–Trinajstić information content (AvgIpc) is 3.19. The van der Waals surface area contributed by atoms with Crippen LogP contribution in [0.3, 0.4) is 0 Å². The summed E-state index contributed by atoms with van der Waals surface area (Å²) in [6.07, 6.45) is -2.73. The Morgan fingerprint density at radius 3 is 2.20 bits per heavy atom. The van der Waals surface area contributed by atoms with Gasteiger partial charge in [0.1, 0.15) is 29.2 Å². The van der Waals surface area contributed by atoms with Gasteiger partial charge in [-0.2, -0.15) is 18.3 Å². The van der Waals surface area contributed by atoms with Crippen LogP contribution in [-0.4, -0.2) is 37.1 Å². The van der Waals surface area contributed by atoms with Crippen molar-refractivity contribution in [3.63, 3.8) is 0 Å². The van der Waals surface area contributed by atoms with Crippen molar-refractivity contribution in [3.05, 3.63) is 54.1 Å². The zero-order valence-electron chi connectivity index (χ0n) is 20.4. The summed E-state index contributed by atoms with van der Waals surface area (Å²) >= 11 is 0. The number of benzene rings is 2. The van der Waals surface area contributed by atoms with Gasteiger partial charge in [-0.1, -0.05) is 27.7 Å². The van der Waals surface area contributed by atoms with Crippen LogP contribution < -0.4 is 14.6 Å². The Bertz CT molecular complexity index is 1000. The summed E-state index contributed by atoms with van der Waals surface area (Å²) in [5.74, 6) is -1.04. The summed E-state index contributed by atoms with van der Waals surface area (Å²) in [4.78, 5) is 1.80. The van der Waals surface area contributed by atoms with Gasteiger partial charge in [-0.05, 0) is 42.8 Å². The van der Waals surface area contributed by atoms with E-state index in [0.717, 1.165) is 12.1 Å². The number of piperidine rings is 1. The number of anilines is 2. The van der Waals surface area contributed by atoms with E-state index in [4.69, 9.17) is 4.74 Å². The first-order valence-electron chi connectivity index (χ1n) is 12.1. The van der Waals surface area contributed by atoms with Crippen molar-refractivity contribution in [1.82, 2.24) is 0 Å². The molecule has 2 aromatic rings. The van der Waals surface area contributed by atoms with Crippen LogP contribution in [0.2, 0.25) is 0 Å². The van der Waals surface area contributed by atoms with Crippen molar-refractivity contribution in [2.45, 2.75) is 65.3 Å². The van der Waals surface area contributed by atoms with Gasteiger partial charge in [0.2, 0.25) is 0 Å². The fraction of sp³-hybridized carbons (Fsp3) is 0.500. The monoisotopic (exact) mass is 497 g/mol. The molecule has 2 atom stereocenters. The predicted octanol–water partition coefficient (Wildman–Crippen LogP) is 7.19. The van der Waals surface area contributed by atoms with E-state index in [1.807, 2.05) is 20.8 Å². The van der Waals surface area contributed by atoms with Gasteiger partial charge in [0, 0.05) is 37.9 Å². The third-order valence-electron chi connectivity index (χ3n) is 6.34. The molecule has 0 saturated carbocycles. The van der Waals surface area contributed by atoms with Gasteiger partial charge in [-0.25, -0.2) is 8.78 Å². The second kappa shape index (κ2) is 11.3. The number of halogens is 5. The van der Waals surface area contributed by atoms with Gasteiger partial charge < -0.3 is 9.64 Å². The normalized spacial score (nSPS) is 20.9. The molecular formula is C26H32F5N3O. The van der Waals surface area contributed by atoms with E-state index in [1.165, 1.54) is 11.1 Å². The highest BCUT2D eigenvalue weighted by Crippen LogP contribution is 2.37. The van der Waals surface area contributed by atoms with Gasteiger partial charge in [0.15, 0.2) is 0 Å². The SMILES string of the molecule is CC.CC[C@H]1C(C)C(C(F)(F)F)=NN1c1ccc(OC2CCN(c3cc(F)ccc3F)CC2)cc1. The second-order valence-corrected chi connectivity index (χ2v) is 8.49. The zero-order valence-corrected chi connectivity index (χ0v) is 20.4. The van der Waals surface area contributed by atoms with Crippen LogP contribution in [0.15, 0.2) is 47.6 Å². The number of hydrogen-bond donors (Lipinski definition) is 0. The van der Waals surface area contributed by atoms with Gasteiger partial charge >= 0.3 is 6.18 Å². The Hall–Kier alpha value is -2.84. The zero-order chi connectivity index (χ0) is 25.8. The number of nitrogens with zero attached hydrogens (tertiary/aromatic N) is 3. The highest BCUT2D eigenvalue weighted by atomic mass is 19.4. The molecule has 1 fully saturated rings. The van der Waals surface area contributed by atoms with Crippen LogP contribution in [-0.2, 0) is 0 Å². The third-order valence-corrected chi connectivity index (χ3v) is 6.34. The Kier molecular flexibility index (Phi) is 8.61. The molecule has 2 heterocycles. The lowest BCUT2D eigenvalue weighted by atomic mass is 9.95. The summed E-state index contributed by atoms with van der Waals surface area (Å²) < 4.78 is 73.4. The highest BCUT2D eigenvalue weighted by Gasteiger charge is 2.47. The maximum atomic E-state index is 14.0. The lowest BCUT2D eigenvalue weighted by Crippen LogP contribution is -2.38. The summed E-state index contributed by atoms with van der Waals surface area (Å²) in [5, 5.41) is 5.33. The molecule has 0 aromatic heterocycles. The molecule has 1 unspecified atom stereocenters. The highest BCUT2D eigenvalue weighted by molar-refractivity contribution is 5.95. The Balaban J connectivity index is 0.00000167. The molecule has 0 N–H and O–H groups in total. The molecular weight excluding hydrogens is 465 g/mol. The molecule has 2 aromatic carbocycles. The lowest BCUT2D eigenvalue weighted by molar-refractivity contribution is -0.0620. The van der Waals surface area contributed by atoms with Crippen LogP contribution >= 0.6 is 0 Å². The molecule has 0 bridgehead atoms. The first-order valence-corrected chi connectivity index (χ1v) is 12.1. The molecule has 0 spiro atoms. The van der Waals surface area contributed by atoms with Crippen LogP contribution in [0, 0.1) is 17.6 Å². The van der Waals surface area contributed by atoms with Crippen LogP contribution in [0.5, 0.6) is 5.75 Å². The molecule has 192 valence electrons. The number of ether oxygens (including phenoxy) is 1. The Labute approximate surface area is 203 Å². The minimum absolute atomic E-state index is 0.0891. The van der Waals surface area contributed by atoms with Crippen molar-refractivity contribution >= 4 is 17.1 Å². The lowest BCUT2D eigenvalue weighted by Gasteiger charge is -2.34. The van der Waals surface area contributed by atoms with Gasteiger partial charge in [0.25, 0.3) is 0 Å². The van der Waals surface area contributed by atoms with Gasteiger partial charge in [0.05, 0.1) is 17.4 Å². The number of hydrazone groups is 1. The summed E-state index contributed by atoms with van der Waals surface area (Å²) in [6, 6.07) is 9.94. The van der Waals surface area contributed by atoms with Gasteiger partial charge in [-0.15, -0.1) is 0 Å². The van der Waals surface area contributed by atoms with Crippen molar-refractivity contribution < 1.29 is 26.7 Å². The first-order chi connectivity index (χ1) is 16.7. The molecule has 4 rings (SSSR count). The quantitative estimate of drug-likeness (QED) is 0.409. The first kappa shape index (κ1) is 26.8. The molecule has 4 nitrogen and oxygen atoms in total. The fourth-order valence-corrected chi connectivity index (χ4v) is 4.58. The number of rotatable bonds is 5. The summed E-state index contributed by atoms with van der Waals surface area (Å²) in [5.41, 5.74) is 0.0785. The van der Waals surface area contributed by atoms with E-state index in [9.17, 15) is 22.0 Å². The van der Waals surface area contributed by atoms with Gasteiger partial charge in [-0.3, -0.25) is 5.01 Å². The largest absolute Gasteiger partial charge is 0.490 e. The average molecular weight is 498 g/mol. The molecule has 1 saturated heterocycles. The van der Waals surface area contributed by atoms with E-state index in [1.54, 1.807) is 36.1 Å². The minimum atomic E-state index is -4.45. The molecule has 35 heavy (non-hydrogen) atoms. The van der Waals surface area contributed by atoms with Crippen molar-refractivity contribution in [1.29, 1.82) is 0 Å². The maximum absolute atomic E-state index is 14.0. The third kappa shape index (κ3) is 6.05. The van der Waals surface area contributed by atoms with Crippen LogP contribution in [0.25, 0.3) is 0 Å². The van der Waals surface area contributed by atoms with Crippen LogP contribution in [0.1, 0.15) is 47.0 Å². The molecule has 2 aliphatic rings. The Morgan fingerprint density at radius 1 is 1.00 bits per heavy atom. The molecule has 0 radical (unpaired) electrons. The van der Waals surface area contributed by atoms with E-state index < -0.39 is 29.4 Å². The molecule has 0 amide bonds. The molecule has 9 heteroatoms. The smallest absolute Gasteiger partial charge is 0.431 e. The summed E-state index contributed by atoms with van der Waals surface area (Å²) in [7, 11) is 0. The van der Waals surface area contributed by atoms with Crippen LogP contribution in [0.4, 0.5) is 33.3 Å².